The lowest BCUT2D eigenvalue weighted by Gasteiger charge is -2.40. The van der Waals surface area contributed by atoms with Crippen LogP contribution in [0.2, 0.25) is 0 Å². The minimum atomic E-state index is -3.43. The van der Waals surface area contributed by atoms with Crippen LogP contribution < -0.4 is 5.14 Å². The van der Waals surface area contributed by atoms with E-state index in [-0.39, 0.29) is 6.04 Å². The molecule has 1 fully saturated rings. The molecule has 1 saturated heterocycles. The van der Waals surface area contributed by atoms with Gasteiger partial charge in [-0.1, -0.05) is 13.8 Å². The summed E-state index contributed by atoms with van der Waals surface area (Å²) in [6, 6.07) is 0.130. The van der Waals surface area contributed by atoms with Crippen LogP contribution in [0.15, 0.2) is 0 Å². The van der Waals surface area contributed by atoms with Gasteiger partial charge < -0.3 is 0 Å². The molecule has 1 aliphatic heterocycles. The van der Waals surface area contributed by atoms with Gasteiger partial charge in [-0.2, -0.15) is 12.7 Å². The zero-order valence-corrected chi connectivity index (χ0v) is 7.63. The van der Waals surface area contributed by atoms with Crippen molar-refractivity contribution in [3.8, 4) is 0 Å². The minimum Gasteiger partial charge on any atom is -0.216 e. The van der Waals surface area contributed by atoms with Crippen LogP contribution in [0.4, 0.5) is 0 Å². The summed E-state index contributed by atoms with van der Waals surface area (Å²) in [6.45, 7) is 4.59. The van der Waals surface area contributed by atoms with Crippen LogP contribution in [0.5, 0.6) is 0 Å². The third-order valence-corrected chi connectivity index (χ3v) is 3.22. The zero-order valence-electron chi connectivity index (χ0n) is 6.82. The average Bonchev–Trinajstić information content (AvgIpc) is 1.51. The molecule has 1 heterocycles. The fraction of sp³-hybridized carbons (Fsp3) is 1.00. The topological polar surface area (TPSA) is 63.4 Å². The van der Waals surface area contributed by atoms with Crippen molar-refractivity contribution in [2.75, 3.05) is 6.54 Å². The Labute approximate surface area is 67.6 Å². The molecule has 0 amide bonds. The maximum atomic E-state index is 10.8. The molecule has 1 unspecified atom stereocenters. The third kappa shape index (κ3) is 1.72. The molecule has 0 spiro atoms. The fourth-order valence-corrected chi connectivity index (χ4v) is 2.45. The van der Waals surface area contributed by atoms with Gasteiger partial charge in [0.25, 0.3) is 10.2 Å². The van der Waals surface area contributed by atoms with Crippen LogP contribution in [0.25, 0.3) is 0 Å². The van der Waals surface area contributed by atoms with E-state index in [2.05, 4.69) is 0 Å². The maximum absolute atomic E-state index is 10.8. The lowest BCUT2D eigenvalue weighted by atomic mass is 9.95. The molecule has 11 heavy (non-hydrogen) atoms. The van der Waals surface area contributed by atoms with Gasteiger partial charge in [0, 0.05) is 12.6 Å². The molecule has 0 aromatic heterocycles. The summed E-state index contributed by atoms with van der Waals surface area (Å²) in [5.41, 5.74) is 0. The highest BCUT2D eigenvalue weighted by molar-refractivity contribution is 7.86. The van der Waals surface area contributed by atoms with E-state index in [4.69, 9.17) is 5.14 Å². The van der Waals surface area contributed by atoms with Crippen molar-refractivity contribution >= 4 is 10.2 Å². The lowest BCUT2D eigenvalue weighted by molar-refractivity contribution is 0.150. The number of rotatable bonds is 2. The van der Waals surface area contributed by atoms with E-state index in [1.165, 1.54) is 4.31 Å². The summed E-state index contributed by atoms with van der Waals surface area (Å²) < 4.78 is 23.0. The molecule has 0 radical (unpaired) electrons. The predicted octanol–water partition coefficient (Wildman–Crippen LogP) is -0.0798. The first kappa shape index (κ1) is 8.96. The highest BCUT2D eigenvalue weighted by atomic mass is 32.2. The van der Waals surface area contributed by atoms with Gasteiger partial charge in [0.05, 0.1) is 0 Å². The molecule has 1 atom stereocenters. The fourth-order valence-electron chi connectivity index (χ4n) is 1.37. The van der Waals surface area contributed by atoms with Gasteiger partial charge in [-0.3, -0.25) is 0 Å². The second-order valence-corrected chi connectivity index (χ2v) is 4.75. The largest absolute Gasteiger partial charge is 0.277 e. The van der Waals surface area contributed by atoms with Crippen molar-refractivity contribution in [2.24, 2.45) is 11.1 Å². The smallest absolute Gasteiger partial charge is 0.216 e. The molecule has 1 aliphatic rings. The second-order valence-electron chi connectivity index (χ2n) is 3.26. The van der Waals surface area contributed by atoms with Gasteiger partial charge in [-0.15, -0.1) is 0 Å². The third-order valence-electron chi connectivity index (χ3n) is 2.11. The summed E-state index contributed by atoms with van der Waals surface area (Å²) in [5, 5.41) is 4.97. The van der Waals surface area contributed by atoms with Crippen molar-refractivity contribution in [3.05, 3.63) is 0 Å². The molecule has 0 bridgehead atoms. The molecular formula is C6H14N2O2S. The minimum absolute atomic E-state index is 0.130. The predicted molar refractivity (Wildman–Crippen MR) is 43.1 cm³/mol. The standard InChI is InChI=1S/C6H14N2O2S/c1-5(2)6-3-4-8(6)11(7,9)10/h5-6H,3-4H2,1-2H3,(H2,7,9,10). The van der Waals surface area contributed by atoms with Crippen LogP contribution in [-0.4, -0.2) is 25.3 Å². The molecule has 0 saturated carbocycles. The van der Waals surface area contributed by atoms with Crippen molar-refractivity contribution in [1.29, 1.82) is 0 Å². The molecule has 0 aromatic rings. The maximum Gasteiger partial charge on any atom is 0.277 e. The summed E-state index contributed by atoms with van der Waals surface area (Å²) in [5.74, 6) is 0.363. The van der Waals surface area contributed by atoms with E-state index < -0.39 is 10.2 Å². The monoisotopic (exact) mass is 178 g/mol. The van der Waals surface area contributed by atoms with Crippen molar-refractivity contribution < 1.29 is 8.42 Å². The van der Waals surface area contributed by atoms with Crippen molar-refractivity contribution in [1.82, 2.24) is 4.31 Å². The van der Waals surface area contributed by atoms with Gasteiger partial charge in [0.15, 0.2) is 0 Å². The normalized spacial score (nSPS) is 27.1. The highest BCUT2D eigenvalue weighted by Crippen LogP contribution is 2.25. The first-order valence-electron chi connectivity index (χ1n) is 3.72. The highest BCUT2D eigenvalue weighted by Gasteiger charge is 2.36. The Bertz CT molecular complexity index is 235. The Hall–Kier alpha value is -0.130. The lowest BCUT2D eigenvalue weighted by Crippen LogP contribution is -2.55. The average molecular weight is 178 g/mol. The van der Waals surface area contributed by atoms with Gasteiger partial charge >= 0.3 is 0 Å². The Morgan fingerprint density at radius 1 is 1.55 bits per heavy atom. The quantitative estimate of drug-likeness (QED) is 0.643. The summed E-state index contributed by atoms with van der Waals surface area (Å²) in [7, 11) is -3.43. The van der Waals surface area contributed by atoms with Crippen LogP contribution in [0.1, 0.15) is 20.3 Å². The van der Waals surface area contributed by atoms with Crippen LogP contribution in [0, 0.1) is 5.92 Å². The first-order valence-corrected chi connectivity index (χ1v) is 5.23. The SMILES string of the molecule is CC(C)C1CCN1S(N)(=O)=O. The summed E-state index contributed by atoms with van der Waals surface area (Å²) in [6.07, 6.45) is 0.939. The molecule has 0 aromatic carbocycles. The Morgan fingerprint density at radius 3 is 2.18 bits per heavy atom. The Kier molecular flexibility index (Phi) is 2.22. The molecule has 0 aliphatic carbocycles. The molecule has 5 heteroatoms. The van der Waals surface area contributed by atoms with E-state index in [0.29, 0.717) is 12.5 Å². The van der Waals surface area contributed by atoms with Gasteiger partial charge in [0.2, 0.25) is 0 Å². The number of nitrogens with two attached hydrogens (primary N) is 1. The van der Waals surface area contributed by atoms with Gasteiger partial charge in [-0.25, -0.2) is 5.14 Å². The molecule has 4 nitrogen and oxygen atoms in total. The van der Waals surface area contributed by atoms with E-state index in [0.717, 1.165) is 6.42 Å². The Balaban J connectivity index is 2.65. The van der Waals surface area contributed by atoms with Crippen molar-refractivity contribution in [2.45, 2.75) is 26.3 Å². The van der Waals surface area contributed by atoms with E-state index in [1.54, 1.807) is 0 Å². The first-order chi connectivity index (χ1) is 4.93. The number of hydrogen-bond acceptors (Lipinski definition) is 2. The molecule has 1 rings (SSSR count). The van der Waals surface area contributed by atoms with Gasteiger partial charge in [0.1, 0.15) is 0 Å². The van der Waals surface area contributed by atoms with Crippen LogP contribution in [0.3, 0.4) is 0 Å². The van der Waals surface area contributed by atoms with Crippen LogP contribution >= 0.6 is 0 Å². The summed E-state index contributed by atoms with van der Waals surface area (Å²) >= 11 is 0. The molecule has 66 valence electrons. The van der Waals surface area contributed by atoms with Crippen molar-refractivity contribution in [3.63, 3.8) is 0 Å². The van der Waals surface area contributed by atoms with E-state index in [1.807, 2.05) is 13.8 Å². The summed E-state index contributed by atoms with van der Waals surface area (Å²) in [4.78, 5) is 0. The number of hydrogen-bond donors (Lipinski definition) is 1. The number of nitrogens with zero attached hydrogens (tertiary/aromatic N) is 1. The van der Waals surface area contributed by atoms with Gasteiger partial charge in [-0.05, 0) is 12.3 Å². The van der Waals surface area contributed by atoms with Crippen LogP contribution in [-0.2, 0) is 10.2 Å². The second kappa shape index (κ2) is 2.73. The van der Waals surface area contributed by atoms with E-state index >= 15 is 0 Å². The van der Waals surface area contributed by atoms with E-state index in [9.17, 15) is 8.42 Å². The molecular weight excluding hydrogens is 164 g/mol. The molecule has 2 N–H and O–H groups in total. The zero-order chi connectivity index (χ0) is 8.65. The Morgan fingerprint density at radius 2 is 2.09 bits per heavy atom.